The van der Waals surface area contributed by atoms with E-state index >= 15 is 0 Å². The summed E-state index contributed by atoms with van der Waals surface area (Å²) in [6.07, 6.45) is 5.89. The summed E-state index contributed by atoms with van der Waals surface area (Å²) < 4.78 is 8.11. The molecule has 2 aromatic rings. The molecule has 1 saturated heterocycles. The summed E-state index contributed by atoms with van der Waals surface area (Å²) >= 11 is 5.29. The highest BCUT2D eigenvalue weighted by molar-refractivity contribution is 9.08. The maximum atomic E-state index is 5.93. The summed E-state index contributed by atoms with van der Waals surface area (Å²) in [6.45, 7) is 5.07. The summed E-state index contributed by atoms with van der Waals surface area (Å²) in [6, 6.07) is 0. The monoisotopic (exact) mass is 357 g/mol. The number of alkyl halides is 1. The lowest BCUT2D eigenvalue weighted by molar-refractivity contribution is 0.0439. The van der Waals surface area contributed by atoms with E-state index in [0.29, 0.717) is 6.10 Å². The van der Waals surface area contributed by atoms with E-state index in [2.05, 4.69) is 43.7 Å². The van der Waals surface area contributed by atoms with Crippen LogP contribution in [0.25, 0.3) is 4.96 Å². The van der Waals surface area contributed by atoms with Gasteiger partial charge in [-0.15, -0.1) is 11.3 Å². The molecule has 1 fully saturated rings. The molecule has 20 heavy (non-hydrogen) atoms. The molecule has 0 radical (unpaired) electrons. The van der Waals surface area contributed by atoms with Crippen LogP contribution in [0.4, 0.5) is 5.82 Å². The van der Waals surface area contributed by atoms with Gasteiger partial charge in [-0.05, 0) is 19.3 Å². The fourth-order valence-electron chi connectivity index (χ4n) is 2.75. The lowest BCUT2D eigenvalue weighted by Crippen LogP contribution is -2.40. The first kappa shape index (κ1) is 14.4. The molecule has 3 rings (SSSR count). The van der Waals surface area contributed by atoms with E-state index in [9.17, 15) is 0 Å². The van der Waals surface area contributed by atoms with E-state index in [4.69, 9.17) is 9.72 Å². The summed E-state index contributed by atoms with van der Waals surface area (Å²) in [4.78, 5) is 8.27. The van der Waals surface area contributed by atoms with Gasteiger partial charge in [0, 0.05) is 36.6 Å². The number of ether oxygens (including phenoxy) is 1. The molecule has 110 valence electrons. The number of imidazole rings is 1. The van der Waals surface area contributed by atoms with Crippen LogP contribution in [0.15, 0.2) is 11.6 Å². The van der Waals surface area contributed by atoms with Crippen LogP contribution in [-0.4, -0.2) is 35.2 Å². The van der Waals surface area contributed by atoms with Crippen molar-refractivity contribution in [3.05, 3.63) is 17.3 Å². The Morgan fingerprint density at radius 3 is 3.25 bits per heavy atom. The van der Waals surface area contributed by atoms with E-state index < -0.39 is 0 Å². The summed E-state index contributed by atoms with van der Waals surface area (Å²) in [7, 11) is 0. The average Bonchev–Trinajstić information content (AvgIpc) is 3.05. The SMILES string of the molecule is CCCOC1CCCN(c2nc3sccn3c2CBr)C1. The second-order valence-corrected chi connectivity index (χ2v) is 6.59. The number of hydrogen-bond donors (Lipinski definition) is 0. The van der Waals surface area contributed by atoms with Gasteiger partial charge in [0.2, 0.25) is 0 Å². The first-order valence-electron chi connectivity index (χ1n) is 7.20. The largest absolute Gasteiger partial charge is 0.376 e. The quantitative estimate of drug-likeness (QED) is 0.764. The Morgan fingerprint density at radius 2 is 2.45 bits per heavy atom. The highest BCUT2D eigenvalue weighted by Gasteiger charge is 2.25. The van der Waals surface area contributed by atoms with Gasteiger partial charge in [-0.3, -0.25) is 4.40 Å². The van der Waals surface area contributed by atoms with Crippen molar-refractivity contribution >= 4 is 38.0 Å². The molecule has 6 heteroatoms. The standard InChI is InChI=1S/C14H20BrN3OS/c1-2-7-19-11-4-3-5-17(10-11)13-12(9-15)18-6-8-20-14(18)16-13/h6,8,11H,2-5,7,9-10H2,1H3. The van der Waals surface area contributed by atoms with E-state index in [0.717, 1.165) is 42.2 Å². The highest BCUT2D eigenvalue weighted by Crippen LogP contribution is 2.29. The number of nitrogens with zero attached hydrogens (tertiary/aromatic N) is 3. The van der Waals surface area contributed by atoms with Crippen LogP contribution >= 0.6 is 27.3 Å². The van der Waals surface area contributed by atoms with Gasteiger partial charge in [0.25, 0.3) is 0 Å². The molecule has 1 aliphatic rings. The molecular weight excluding hydrogens is 338 g/mol. The topological polar surface area (TPSA) is 29.8 Å². The minimum atomic E-state index is 0.353. The maximum Gasteiger partial charge on any atom is 0.195 e. The van der Waals surface area contributed by atoms with E-state index in [1.54, 1.807) is 11.3 Å². The van der Waals surface area contributed by atoms with Crippen molar-refractivity contribution in [2.24, 2.45) is 0 Å². The number of hydrogen-bond acceptors (Lipinski definition) is 4. The smallest absolute Gasteiger partial charge is 0.195 e. The van der Waals surface area contributed by atoms with Crippen molar-refractivity contribution in [2.45, 2.75) is 37.6 Å². The molecule has 3 heterocycles. The van der Waals surface area contributed by atoms with Crippen LogP contribution in [0.5, 0.6) is 0 Å². The number of fused-ring (bicyclic) bond motifs is 1. The van der Waals surface area contributed by atoms with E-state index in [-0.39, 0.29) is 0 Å². The molecule has 0 spiro atoms. The molecule has 1 atom stereocenters. The third kappa shape index (κ3) is 2.73. The molecule has 0 saturated carbocycles. The Labute approximate surface area is 131 Å². The minimum absolute atomic E-state index is 0.353. The first-order valence-corrected chi connectivity index (χ1v) is 9.20. The number of anilines is 1. The fourth-order valence-corrected chi connectivity index (χ4v) is 4.00. The van der Waals surface area contributed by atoms with Crippen LogP contribution in [0.2, 0.25) is 0 Å². The molecule has 2 aromatic heterocycles. The van der Waals surface area contributed by atoms with Crippen molar-refractivity contribution in [3.63, 3.8) is 0 Å². The zero-order chi connectivity index (χ0) is 13.9. The molecular formula is C14H20BrN3OS. The number of aromatic nitrogens is 2. The normalized spacial score (nSPS) is 19.9. The van der Waals surface area contributed by atoms with Gasteiger partial charge in [0.15, 0.2) is 10.8 Å². The molecule has 1 unspecified atom stereocenters. The van der Waals surface area contributed by atoms with Gasteiger partial charge in [-0.1, -0.05) is 22.9 Å². The van der Waals surface area contributed by atoms with Gasteiger partial charge in [-0.25, -0.2) is 4.98 Å². The van der Waals surface area contributed by atoms with Crippen molar-refractivity contribution in [1.29, 1.82) is 0 Å². The Balaban J connectivity index is 1.80. The summed E-state index contributed by atoms with van der Waals surface area (Å²) in [5, 5.41) is 2.92. The third-order valence-corrected chi connectivity index (χ3v) is 4.99. The lowest BCUT2D eigenvalue weighted by Gasteiger charge is -2.33. The van der Waals surface area contributed by atoms with Crippen molar-refractivity contribution in [3.8, 4) is 0 Å². The molecule has 0 amide bonds. The second kappa shape index (κ2) is 6.45. The lowest BCUT2D eigenvalue weighted by atomic mass is 10.1. The van der Waals surface area contributed by atoms with Gasteiger partial charge in [-0.2, -0.15) is 0 Å². The number of rotatable bonds is 5. The summed E-state index contributed by atoms with van der Waals surface area (Å²) in [5.74, 6) is 1.12. The van der Waals surface area contributed by atoms with Gasteiger partial charge >= 0.3 is 0 Å². The molecule has 4 nitrogen and oxygen atoms in total. The molecule has 0 aromatic carbocycles. The zero-order valence-corrected chi connectivity index (χ0v) is 14.1. The minimum Gasteiger partial charge on any atom is -0.376 e. The van der Waals surface area contributed by atoms with Gasteiger partial charge in [0.1, 0.15) is 0 Å². The van der Waals surface area contributed by atoms with Crippen molar-refractivity contribution in [2.75, 3.05) is 24.6 Å². The van der Waals surface area contributed by atoms with E-state index in [1.165, 1.54) is 18.5 Å². The maximum absolute atomic E-state index is 5.93. The number of halogens is 1. The van der Waals surface area contributed by atoms with Crippen LogP contribution in [-0.2, 0) is 10.1 Å². The van der Waals surface area contributed by atoms with Gasteiger partial charge in [0.05, 0.1) is 11.8 Å². The number of thiazole rings is 1. The predicted molar refractivity (Wildman–Crippen MR) is 87.2 cm³/mol. The van der Waals surface area contributed by atoms with E-state index in [1.807, 2.05) is 0 Å². The highest BCUT2D eigenvalue weighted by atomic mass is 79.9. The van der Waals surface area contributed by atoms with Crippen LogP contribution in [0.1, 0.15) is 31.9 Å². The second-order valence-electron chi connectivity index (χ2n) is 5.15. The zero-order valence-electron chi connectivity index (χ0n) is 11.7. The Bertz CT molecular complexity index is 568. The van der Waals surface area contributed by atoms with Crippen molar-refractivity contribution in [1.82, 2.24) is 9.38 Å². The van der Waals surface area contributed by atoms with Crippen LogP contribution in [0.3, 0.4) is 0 Å². The third-order valence-electron chi connectivity index (χ3n) is 3.70. The van der Waals surface area contributed by atoms with Crippen LogP contribution in [0, 0.1) is 0 Å². The average molecular weight is 358 g/mol. The first-order chi connectivity index (χ1) is 9.83. The Kier molecular flexibility index (Phi) is 4.63. The van der Waals surface area contributed by atoms with Crippen molar-refractivity contribution < 1.29 is 4.74 Å². The molecule has 1 aliphatic heterocycles. The Hall–Kier alpha value is -0.590. The molecule has 0 bridgehead atoms. The number of piperidine rings is 1. The predicted octanol–water partition coefficient (Wildman–Crippen LogP) is 3.69. The van der Waals surface area contributed by atoms with Crippen LogP contribution < -0.4 is 4.90 Å². The summed E-state index contributed by atoms with van der Waals surface area (Å²) in [5.41, 5.74) is 1.25. The fraction of sp³-hybridized carbons (Fsp3) is 0.643. The molecule has 0 N–H and O–H groups in total. The van der Waals surface area contributed by atoms with Gasteiger partial charge < -0.3 is 9.64 Å². The molecule has 0 aliphatic carbocycles. The Morgan fingerprint density at radius 1 is 1.55 bits per heavy atom.